The Morgan fingerprint density at radius 1 is 0.710 bits per heavy atom. The fraction of sp³-hybridized carbons (Fsp3) is 0.640. The van der Waals surface area contributed by atoms with E-state index in [-0.39, 0.29) is 26.1 Å². The van der Waals surface area contributed by atoms with Gasteiger partial charge in [0.2, 0.25) is 0 Å². The number of hydrogen-bond donors (Lipinski definition) is 2. The molecule has 0 bridgehead atoms. The Morgan fingerprint density at radius 3 is 1.94 bits per heavy atom. The van der Waals surface area contributed by atoms with Crippen molar-refractivity contribution in [1.82, 2.24) is 0 Å². The smallest absolute Gasteiger partial charge is 0.466 e. The van der Waals surface area contributed by atoms with Crippen molar-refractivity contribution < 1.29 is 51.6 Å². The maximum absolute atomic E-state index is 12.8. The fourth-order valence-corrected chi connectivity index (χ4v) is 6.91. The van der Waals surface area contributed by atoms with E-state index < -0.39 is 38.6 Å². The van der Waals surface area contributed by atoms with Crippen molar-refractivity contribution >= 4 is 19.8 Å². The van der Waals surface area contributed by atoms with Gasteiger partial charge in [0.25, 0.3) is 0 Å². The number of quaternary nitrogens is 1. The number of furan rings is 1. The van der Waals surface area contributed by atoms with Crippen LogP contribution in [0.1, 0.15) is 146 Å². The molecule has 0 fully saturated rings. The maximum atomic E-state index is 12.8. The van der Waals surface area contributed by atoms with E-state index in [1.165, 1.54) is 17.5 Å². The van der Waals surface area contributed by atoms with Gasteiger partial charge in [0.1, 0.15) is 31.3 Å². The number of unbranched alkanes of at least 4 members (excludes halogenated alkanes) is 7. The van der Waals surface area contributed by atoms with Crippen molar-refractivity contribution in [2.45, 2.75) is 162 Å². The van der Waals surface area contributed by atoms with E-state index in [9.17, 15) is 24.2 Å². The Bertz CT molecular complexity index is 1580. The number of phosphoric ester groups is 1. The molecule has 1 aromatic rings. The number of aliphatic hydroxyl groups excluding tert-OH is 1. The van der Waals surface area contributed by atoms with Crippen LogP contribution in [0.4, 0.5) is 0 Å². The van der Waals surface area contributed by atoms with Gasteiger partial charge < -0.3 is 28.4 Å². The van der Waals surface area contributed by atoms with Crippen molar-refractivity contribution in [3.8, 4) is 0 Å². The highest BCUT2D eigenvalue weighted by Crippen LogP contribution is 2.43. The van der Waals surface area contributed by atoms with Gasteiger partial charge in [-0.15, -0.1) is 0 Å². The average molecular weight is 889 g/mol. The van der Waals surface area contributed by atoms with Gasteiger partial charge in [-0.2, -0.15) is 0 Å². The zero-order valence-electron chi connectivity index (χ0n) is 39.4. The second kappa shape index (κ2) is 35.1. The van der Waals surface area contributed by atoms with E-state index in [1.807, 2.05) is 45.4 Å². The van der Waals surface area contributed by atoms with Crippen LogP contribution in [0.3, 0.4) is 0 Å². The lowest BCUT2D eigenvalue weighted by molar-refractivity contribution is -0.870. The number of phosphoric acid groups is 1. The van der Waals surface area contributed by atoms with Crippen LogP contribution in [0.25, 0.3) is 0 Å². The summed E-state index contributed by atoms with van der Waals surface area (Å²) in [6, 6.07) is 0. The molecule has 0 radical (unpaired) electrons. The van der Waals surface area contributed by atoms with Crippen LogP contribution in [0.15, 0.2) is 77.3 Å². The molecule has 0 spiro atoms. The molecule has 0 amide bonds. The third-order valence-electron chi connectivity index (χ3n) is 10.0. The van der Waals surface area contributed by atoms with Crippen molar-refractivity contribution in [3.63, 3.8) is 0 Å². The van der Waals surface area contributed by atoms with Crippen LogP contribution in [-0.4, -0.2) is 86.1 Å². The minimum absolute atomic E-state index is 0.00685. The minimum atomic E-state index is -4.44. The van der Waals surface area contributed by atoms with Gasteiger partial charge in [0.15, 0.2) is 6.10 Å². The molecule has 1 aromatic heterocycles. The van der Waals surface area contributed by atoms with Crippen molar-refractivity contribution in [3.05, 3.63) is 95.6 Å². The summed E-state index contributed by atoms with van der Waals surface area (Å²) in [6.07, 6.45) is 38.4. The van der Waals surface area contributed by atoms with E-state index in [0.29, 0.717) is 30.3 Å². The standard InChI is InChI=1S/C50H82NO10P/c1-8-10-11-12-13-14-15-16-17-18-21-24-28-34-45(52)35-29-27-32-37-49(53)57-41-46(42-59-62(55,56)58-40-39-51(5,6)7)60-50(54)38-31-26-23-20-19-22-25-30-36-48-44(4)43(3)47(61-48)33-9-2/h10-11,13-14,16-17,21,24,27-29,34,45-46,52H,8-9,12,15,18-20,22-23,25-26,30-33,35-42H2,1-7H3/p+1/b11-10-,14-13-,17-16-,24-21-,29-27-,34-28-/t45?,46-/m1/s1. The molecule has 3 atom stereocenters. The number of carbonyl (C=O) groups is 2. The van der Waals surface area contributed by atoms with E-state index in [4.69, 9.17) is 22.9 Å². The largest absolute Gasteiger partial charge is 0.472 e. The highest BCUT2D eigenvalue weighted by molar-refractivity contribution is 7.47. The highest BCUT2D eigenvalue weighted by atomic mass is 31.2. The number of nitrogens with zero attached hydrogens (tertiary/aromatic N) is 1. The summed E-state index contributed by atoms with van der Waals surface area (Å²) in [5.74, 6) is 1.26. The summed E-state index contributed by atoms with van der Waals surface area (Å²) in [5.41, 5.74) is 2.60. The van der Waals surface area contributed by atoms with Crippen molar-refractivity contribution in [2.24, 2.45) is 0 Å². The number of ether oxygens (including phenoxy) is 2. The molecule has 0 aliphatic carbocycles. The number of esters is 2. The normalized spacial score (nSPS) is 14.7. The number of likely N-dealkylation sites (N-methyl/N-ethyl adjacent to an activating group) is 1. The maximum Gasteiger partial charge on any atom is 0.472 e. The Labute approximate surface area is 375 Å². The average Bonchev–Trinajstić information content (AvgIpc) is 3.48. The van der Waals surface area contributed by atoms with Gasteiger partial charge >= 0.3 is 19.8 Å². The lowest BCUT2D eigenvalue weighted by atomic mass is 10.0. The number of aliphatic hydroxyl groups is 1. The fourth-order valence-electron chi connectivity index (χ4n) is 6.17. The molecule has 352 valence electrons. The quantitative estimate of drug-likeness (QED) is 0.0166. The molecule has 1 rings (SSSR count). The van der Waals surface area contributed by atoms with E-state index >= 15 is 0 Å². The monoisotopic (exact) mass is 889 g/mol. The van der Waals surface area contributed by atoms with Crippen molar-refractivity contribution in [2.75, 3.05) is 47.5 Å². The molecule has 0 saturated carbocycles. The second-order valence-electron chi connectivity index (χ2n) is 16.8. The highest BCUT2D eigenvalue weighted by Gasteiger charge is 2.27. The van der Waals surface area contributed by atoms with Crippen LogP contribution in [0, 0.1) is 13.8 Å². The molecule has 1 heterocycles. The van der Waals surface area contributed by atoms with Crippen LogP contribution < -0.4 is 0 Å². The Kier molecular flexibility index (Phi) is 32.1. The van der Waals surface area contributed by atoms with E-state index in [2.05, 4.69) is 64.2 Å². The lowest BCUT2D eigenvalue weighted by Crippen LogP contribution is -2.37. The van der Waals surface area contributed by atoms with Crippen LogP contribution in [-0.2, 0) is 45.5 Å². The predicted octanol–water partition coefficient (Wildman–Crippen LogP) is 11.6. The lowest BCUT2D eigenvalue weighted by Gasteiger charge is -2.24. The Morgan fingerprint density at radius 2 is 1.31 bits per heavy atom. The minimum Gasteiger partial charge on any atom is -0.466 e. The summed E-state index contributed by atoms with van der Waals surface area (Å²) in [4.78, 5) is 35.5. The number of aryl methyl sites for hydroxylation is 2. The first-order chi connectivity index (χ1) is 29.7. The molecule has 62 heavy (non-hydrogen) atoms. The molecule has 2 unspecified atom stereocenters. The van der Waals surface area contributed by atoms with Gasteiger partial charge in [0, 0.05) is 25.7 Å². The van der Waals surface area contributed by atoms with Crippen LogP contribution in [0.2, 0.25) is 0 Å². The van der Waals surface area contributed by atoms with Crippen LogP contribution >= 0.6 is 7.82 Å². The third kappa shape index (κ3) is 31.5. The van der Waals surface area contributed by atoms with Gasteiger partial charge in [-0.3, -0.25) is 18.6 Å². The molecule has 0 saturated heterocycles. The number of allylic oxidation sites excluding steroid dienone is 10. The van der Waals surface area contributed by atoms with Gasteiger partial charge in [-0.1, -0.05) is 125 Å². The SMILES string of the molecule is CC/C=C\C/C=C\C/C=C\C/C=C\C=C/C(O)C/C=C\CCC(=O)OC[C@H](COP(=O)(O)OCC[N+](C)(C)C)OC(=O)CCCCCCCCCCc1oc(CCC)c(C)c1C. The number of rotatable bonds is 37. The summed E-state index contributed by atoms with van der Waals surface area (Å²) >= 11 is 0. The molecule has 0 aliphatic heterocycles. The second-order valence-corrected chi connectivity index (χ2v) is 18.3. The summed E-state index contributed by atoms with van der Waals surface area (Å²) in [7, 11) is 1.35. The predicted molar refractivity (Wildman–Crippen MR) is 252 cm³/mol. The Hall–Kier alpha value is -3.31. The molecule has 0 aromatic carbocycles. The topological polar surface area (TPSA) is 142 Å². The zero-order chi connectivity index (χ0) is 45.9. The van der Waals surface area contributed by atoms with E-state index in [0.717, 1.165) is 95.0 Å². The van der Waals surface area contributed by atoms with Gasteiger partial charge in [0.05, 0.1) is 33.9 Å². The molecular formula is C50H83NO10P+. The van der Waals surface area contributed by atoms with Gasteiger partial charge in [-0.25, -0.2) is 4.57 Å². The number of carbonyl (C=O) groups excluding carboxylic acids is 2. The Balaban J connectivity index is 2.42. The van der Waals surface area contributed by atoms with Crippen molar-refractivity contribution in [1.29, 1.82) is 0 Å². The first kappa shape index (κ1) is 56.7. The van der Waals surface area contributed by atoms with Crippen LogP contribution in [0.5, 0.6) is 0 Å². The third-order valence-corrected chi connectivity index (χ3v) is 11.0. The summed E-state index contributed by atoms with van der Waals surface area (Å²) < 4.78 is 40.4. The molecular weight excluding hydrogens is 806 g/mol. The molecule has 11 nitrogen and oxygen atoms in total. The first-order valence-electron chi connectivity index (χ1n) is 23.1. The van der Waals surface area contributed by atoms with E-state index in [1.54, 1.807) is 12.2 Å². The summed E-state index contributed by atoms with van der Waals surface area (Å²) in [6.45, 7) is 8.29. The summed E-state index contributed by atoms with van der Waals surface area (Å²) in [5, 5.41) is 10.2. The number of hydrogen-bond acceptors (Lipinski definition) is 9. The molecule has 12 heteroatoms. The first-order valence-corrected chi connectivity index (χ1v) is 24.6. The molecule has 2 N–H and O–H groups in total. The zero-order valence-corrected chi connectivity index (χ0v) is 40.3. The van der Waals surface area contributed by atoms with Gasteiger partial charge in [-0.05, 0) is 82.8 Å². The molecule has 0 aliphatic rings.